The van der Waals surface area contributed by atoms with Gasteiger partial charge in [-0.05, 0) is 52.9 Å². The molecule has 0 amide bonds. The molecule has 2 heterocycles. The van der Waals surface area contributed by atoms with Crippen LogP contribution in [-0.4, -0.2) is 27.7 Å². The van der Waals surface area contributed by atoms with E-state index < -0.39 is 0 Å². The molecule has 0 fully saturated rings. The van der Waals surface area contributed by atoms with Crippen molar-refractivity contribution in [3.05, 3.63) is 40.8 Å². The summed E-state index contributed by atoms with van der Waals surface area (Å²) in [7, 11) is 1.70. The molecule has 0 radical (unpaired) electrons. The normalized spacial score (nSPS) is 11.7. The van der Waals surface area contributed by atoms with Crippen LogP contribution in [-0.2, 0) is 11.3 Å². The van der Waals surface area contributed by atoms with Crippen molar-refractivity contribution in [1.29, 1.82) is 0 Å². The lowest BCUT2D eigenvalue weighted by Crippen LogP contribution is -1.97. The fourth-order valence-corrected chi connectivity index (χ4v) is 5.50. The monoisotopic (exact) mass is 506 g/mol. The molecule has 1 aromatic carbocycles. The van der Waals surface area contributed by atoms with E-state index in [1.165, 1.54) is 0 Å². The number of ether oxygens (including phenoxy) is 1. The summed E-state index contributed by atoms with van der Waals surface area (Å²) in [5, 5.41) is 3.93. The van der Waals surface area contributed by atoms with E-state index in [9.17, 15) is 0 Å². The van der Waals surface area contributed by atoms with Crippen LogP contribution in [0, 0.1) is 6.92 Å². The Balaban J connectivity index is 2.06. The zero-order valence-electron chi connectivity index (χ0n) is 13.9. The van der Waals surface area contributed by atoms with E-state index >= 15 is 0 Å². The summed E-state index contributed by atoms with van der Waals surface area (Å²) in [4.78, 5) is 10.3. The van der Waals surface area contributed by atoms with E-state index in [0.29, 0.717) is 18.1 Å². The van der Waals surface area contributed by atoms with Crippen LogP contribution in [0.5, 0.6) is 0 Å². The maximum atomic E-state index is 6.26. The number of imidazole rings is 1. The highest BCUT2D eigenvalue weighted by molar-refractivity contribution is 14.2. The Morgan fingerprint density at radius 2 is 2.12 bits per heavy atom. The van der Waals surface area contributed by atoms with Crippen LogP contribution in [0.2, 0.25) is 5.15 Å². The van der Waals surface area contributed by atoms with Gasteiger partial charge in [0.25, 0.3) is 0 Å². The molecule has 2 aromatic heterocycles. The van der Waals surface area contributed by atoms with Crippen LogP contribution in [0.1, 0.15) is 11.4 Å². The number of nitrogens with one attached hydrogen (secondary N) is 1. The first-order chi connectivity index (χ1) is 12.1. The Bertz CT molecular complexity index is 921. The Morgan fingerprint density at radius 1 is 1.32 bits per heavy atom. The number of pyridine rings is 1. The molecule has 5 nitrogen and oxygen atoms in total. The minimum Gasteiger partial charge on any atom is -0.380 e. The van der Waals surface area contributed by atoms with Crippen molar-refractivity contribution in [2.75, 3.05) is 18.7 Å². The molecule has 25 heavy (non-hydrogen) atoms. The van der Waals surface area contributed by atoms with Crippen molar-refractivity contribution in [3.8, 4) is 0 Å². The van der Waals surface area contributed by atoms with Gasteiger partial charge in [0, 0.05) is 18.1 Å². The van der Waals surface area contributed by atoms with Gasteiger partial charge in [-0.1, -0.05) is 17.7 Å². The van der Waals surface area contributed by atoms with E-state index in [2.05, 4.69) is 66.1 Å². The highest BCUT2D eigenvalue weighted by Crippen LogP contribution is 2.36. The lowest BCUT2D eigenvalue weighted by atomic mass is 10.2. The maximum Gasteiger partial charge on any atom is 0.167 e. The van der Waals surface area contributed by atoms with Gasteiger partial charge in [-0.3, -0.25) is 4.34 Å². The van der Waals surface area contributed by atoms with Crippen LogP contribution in [0.4, 0.5) is 11.4 Å². The molecule has 1 N–H and O–H groups in total. The quantitative estimate of drug-likeness (QED) is 0.198. The summed E-state index contributed by atoms with van der Waals surface area (Å²) in [6.45, 7) is 2.58. The molecule has 0 aliphatic heterocycles. The lowest BCUT2D eigenvalue weighted by Gasteiger charge is -2.13. The van der Waals surface area contributed by atoms with E-state index in [4.69, 9.17) is 16.3 Å². The first kappa shape index (κ1) is 19.2. The molecule has 1 atom stereocenters. The van der Waals surface area contributed by atoms with Gasteiger partial charge in [-0.15, -0.1) is 11.8 Å². The van der Waals surface area contributed by atoms with Crippen molar-refractivity contribution < 1.29 is 4.74 Å². The second-order valence-corrected chi connectivity index (χ2v) is 8.64. The third-order valence-corrected chi connectivity index (χ3v) is 6.81. The smallest absolute Gasteiger partial charge is 0.167 e. The number of aryl methyl sites for hydroxylation is 1. The number of halogens is 2. The number of aromatic nitrogens is 3. The SMILES string of the molecule is COCc1ccc(Nc2cc(Cl)nc3c2nc(C)n3PI)c(SC)c1. The largest absolute Gasteiger partial charge is 0.380 e. The van der Waals surface area contributed by atoms with E-state index in [1.807, 2.05) is 13.0 Å². The Labute approximate surface area is 170 Å². The van der Waals surface area contributed by atoms with E-state index in [0.717, 1.165) is 38.8 Å². The summed E-state index contributed by atoms with van der Waals surface area (Å²) in [6.07, 6.45) is 2.58. The molecule has 0 aliphatic carbocycles. The number of anilines is 2. The summed E-state index contributed by atoms with van der Waals surface area (Å²) in [5.41, 5.74) is 4.66. The number of thioether (sulfide) groups is 1. The molecule has 0 saturated carbocycles. The van der Waals surface area contributed by atoms with Crippen molar-refractivity contribution in [1.82, 2.24) is 14.3 Å². The molecule has 0 bridgehead atoms. The summed E-state index contributed by atoms with van der Waals surface area (Å²) < 4.78 is 7.29. The zero-order chi connectivity index (χ0) is 18.0. The van der Waals surface area contributed by atoms with Gasteiger partial charge in [0.2, 0.25) is 0 Å². The molecule has 0 aliphatic rings. The fraction of sp³-hybridized carbons (Fsp3) is 0.250. The molecular formula is C16H17ClIN4OPS. The first-order valence-electron chi connectivity index (χ1n) is 7.42. The number of rotatable bonds is 6. The summed E-state index contributed by atoms with van der Waals surface area (Å²) >= 11 is 10.3. The highest BCUT2D eigenvalue weighted by atomic mass is 127. The minimum absolute atomic E-state index is 0.451. The number of methoxy groups -OCH3 is 1. The van der Waals surface area contributed by atoms with Crippen LogP contribution >= 0.6 is 51.8 Å². The van der Waals surface area contributed by atoms with Gasteiger partial charge < -0.3 is 10.1 Å². The Hall–Kier alpha value is -0.600. The standard InChI is InChI=1S/C16H17ClIN4OPS/c1-9-19-15-12(7-14(17)21-16(15)22(9)24-18)20-11-5-4-10(8-23-2)6-13(11)25-3/h4-7,24H,8H2,1-3H3,(H,20,21). The number of hydrogen-bond donors (Lipinski definition) is 1. The predicted octanol–water partition coefficient (Wildman–Crippen LogP) is 5.80. The summed E-state index contributed by atoms with van der Waals surface area (Å²) in [5.74, 6) is 0.932. The Morgan fingerprint density at radius 3 is 2.80 bits per heavy atom. The average Bonchev–Trinajstić information content (AvgIpc) is 2.91. The van der Waals surface area contributed by atoms with Crippen LogP contribution in [0.25, 0.3) is 11.2 Å². The molecule has 0 spiro atoms. The molecule has 132 valence electrons. The van der Waals surface area contributed by atoms with E-state index in [1.54, 1.807) is 18.9 Å². The molecule has 9 heteroatoms. The Kier molecular flexibility index (Phi) is 6.44. The minimum atomic E-state index is 0.451. The van der Waals surface area contributed by atoms with Crippen LogP contribution in [0.3, 0.4) is 0 Å². The van der Waals surface area contributed by atoms with Gasteiger partial charge in [-0.2, -0.15) is 0 Å². The van der Waals surface area contributed by atoms with Crippen molar-refractivity contribution in [3.63, 3.8) is 0 Å². The van der Waals surface area contributed by atoms with E-state index in [-0.39, 0.29) is 0 Å². The number of hydrogen-bond acceptors (Lipinski definition) is 5. The second-order valence-electron chi connectivity index (χ2n) is 5.34. The van der Waals surface area contributed by atoms with Crippen LogP contribution in [0.15, 0.2) is 29.2 Å². The average molecular weight is 507 g/mol. The van der Waals surface area contributed by atoms with Crippen molar-refractivity contribution >= 4 is 74.3 Å². The molecule has 3 rings (SSSR count). The van der Waals surface area contributed by atoms with Crippen molar-refractivity contribution in [2.45, 2.75) is 18.4 Å². The molecule has 1 unspecified atom stereocenters. The predicted molar refractivity (Wildman–Crippen MR) is 117 cm³/mol. The van der Waals surface area contributed by atoms with Crippen LogP contribution < -0.4 is 5.32 Å². The zero-order valence-corrected chi connectivity index (χ0v) is 18.7. The first-order valence-corrected chi connectivity index (χ1v) is 13.1. The van der Waals surface area contributed by atoms with Gasteiger partial charge in [0.1, 0.15) is 16.5 Å². The number of nitrogens with zero attached hydrogens (tertiary/aromatic N) is 3. The molecule has 3 aromatic rings. The molecule has 0 saturated heterocycles. The van der Waals surface area contributed by atoms with Gasteiger partial charge in [-0.25, -0.2) is 9.97 Å². The second kappa shape index (κ2) is 8.39. The number of fused-ring (bicyclic) bond motifs is 1. The highest BCUT2D eigenvalue weighted by Gasteiger charge is 2.15. The van der Waals surface area contributed by atoms with Crippen molar-refractivity contribution in [2.24, 2.45) is 0 Å². The summed E-state index contributed by atoms with van der Waals surface area (Å²) in [6, 6.07) is 8.07. The van der Waals surface area contributed by atoms with Gasteiger partial charge in [0.05, 0.1) is 24.4 Å². The van der Waals surface area contributed by atoms with Gasteiger partial charge >= 0.3 is 0 Å². The maximum absolute atomic E-state index is 6.26. The van der Waals surface area contributed by atoms with Gasteiger partial charge in [0.15, 0.2) is 5.65 Å². The topological polar surface area (TPSA) is 52.0 Å². The number of benzene rings is 1. The lowest BCUT2D eigenvalue weighted by molar-refractivity contribution is 0.185. The third kappa shape index (κ3) is 4.06. The fourth-order valence-electron chi connectivity index (χ4n) is 2.56. The third-order valence-electron chi connectivity index (χ3n) is 3.68. The molecular weight excluding hydrogens is 490 g/mol.